The van der Waals surface area contributed by atoms with Crippen molar-refractivity contribution in [1.29, 1.82) is 0 Å². The van der Waals surface area contributed by atoms with E-state index in [1.54, 1.807) is 11.6 Å². The van der Waals surface area contributed by atoms with Crippen LogP contribution in [0.15, 0.2) is 23.0 Å². The second-order valence-corrected chi connectivity index (χ2v) is 9.44. The molecule has 0 saturated carbocycles. The number of benzene rings is 1. The number of piperidine rings is 2. The summed E-state index contributed by atoms with van der Waals surface area (Å²) in [6.07, 6.45) is 3.59. The van der Waals surface area contributed by atoms with Crippen molar-refractivity contribution >= 4 is 28.5 Å². The van der Waals surface area contributed by atoms with Crippen LogP contribution in [-0.2, 0) is 16.6 Å². The number of rotatable bonds is 5. The largest absolute Gasteiger partial charge is 0.367 e. The topological polar surface area (TPSA) is 82.8 Å². The van der Waals surface area contributed by atoms with Gasteiger partial charge in [-0.05, 0) is 57.5 Å². The van der Waals surface area contributed by atoms with Crippen LogP contribution in [0, 0.1) is 5.92 Å². The molecule has 0 spiro atoms. The first-order valence-electron chi connectivity index (χ1n) is 11.7. The van der Waals surface area contributed by atoms with Crippen molar-refractivity contribution in [2.24, 2.45) is 13.0 Å². The van der Waals surface area contributed by atoms with Gasteiger partial charge >= 0.3 is 5.69 Å². The molecule has 32 heavy (non-hydrogen) atoms. The number of fused-ring (bicyclic) bond motifs is 1. The molecule has 0 radical (unpaired) electrons. The van der Waals surface area contributed by atoms with Crippen molar-refractivity contribution in [3.8, 4) is 0 Å². The lowest BCUT2D eigenvalue weighted by Gasteiger charge is -2.46. The smallest absolute Gasteiger partial charge is 0.348 e. The third-order valence-corrected chi connectivity index (χ3v) is 7.31. The Hall–Kier alpha value is -2.65. The van der Waals surface area contributed by atoms with Crippen molar-refractivity contribution in [2.75, 3.05) is 49.7 Å². The van der Waals surface area contributed by atoms with Crippen LogP contribution in [0.1, 0.15) is 32.1 Å². The molecular weight excluding hydrogens is 408 g/mol. The van der Waals surface area contributed by atoms with Gasteiger partial charge in [-0.3, -0.25) is 19.1 Å². The highest BCUT2D eigenvalue weighted by molar-refractivity contribution is 6.11. The van der Waals surface area contributed by atoms with Gasteiger partial charge in [0.1, 0.15) is 0 Å². The lowest BCUT2D eigenvalue weighted by Crippen LogP contribution is -2.59. The Kier molecular flexibility index (Phi) is 5.54. The molecule has 3 saturated heterocycles. The van der Waals surface area contributed by atoms with Gasteiger partial charge in [-0.15, -0.1) is 0 Å². The molecule has 5 rings (SSSR count). The predicted molar refractivity (Wildman–Crippen MR) is 123 cm³/mol. The number of nitrogens with one attached hydrogen (secondary N) is 1. The molecule has 2 amide bonds. The maximum Gasteiger partial charge on any atom is 0.348 e. The molecule has 3 aliphatic rings. The second-order valence-electron chi connectivity index (χ2n) is 9.44. The van der Waals surface area contributed by atoms with Crippen molar-refractivity contribution in [3.05, 3.63) is 28.7 Å². The van der Waals surface area contributed by atoms with Crippen molar-refractivity contribution in [1.82, 2.24) is 19.5 Å². The lowest BCUT2D eigenvalue weighted by atomic mass is 9.96. The van der Waals surface area contributed by atoms with Crippen molar-refractivity contribution in [2.45, 2.75) is 38.1 Å². The average Bonchev–Trinajstić information content (AvgIpc) is 2.99. The number of aromatic nitrogens is 2. The standard InChI is InChI=1S/C23H32N6O3/c1-25(13-16-9-11-24-12-10-16)17-14-27(15-17)18-5-3-6-19-22(18)26(2)23(32)28(19)29-20(30)7-4-8-21(29)31/h3,5-6,16-17,24H,4,7-15H2,1-2H3. The maximum absolute atomic E-state index is 13.1. The molecule has 0 aliphatic carbocycles. The number of anilines is 1. The monoisotopic (exact) mass is 440 g/mol. The maximum atomic E-state index is 13.1. The molecule has 172 valence electrons. The molecule has 1 aromatic heterocycles. The molecule has 9 heteroatoms. The first-order chi connectivity index (χ1) is 15.5. The van der Waals surface area contributed by atoms with Gasteiger partial charge in [0.05, 0.1) is 16.7 Å². The molecule has 2 aromatic rings. The summed E-state index contributed by atoms with van der Waals surface area (Å²) in [7, 11) is 3.93. The Morgan fingerprint density at radius 1 is 1.06 bits per heavy atom. The van der Waals surface area contributed by atoms with Crippen molar-refractivity contribution < 1.29 is 9.59 Å². The molecule has 3 aliphatic heterocycles. The molecule has 0 bridgehead atoms. The SMILES string of the molecule is CN(CC1CCNCC1)C1CN(c2cccc3c2n(C)c(=O)n3N2C(=O)CCCC2=O)C1. The Balaban J connectivity index is 1.39. The molecular formula is C23H32N6O3. The van der Waals surface area contributed by atoms with Crippen LogP contribution in [0.25, 0.3) is 11.0 Å². The van der Waals surface area contributed by atoms with Gasteiger partial charge in [-0.2, -0.15) is 9.69 Å². The summed E-state index contributed by atoms with van der Waals surface area (Å²) >= 11 is 0. The molecule has 0 atom stereocenters. The minimum absolute atomic E-state index is 0.283. The number of para-hydroxylation sites is 1. The molecule has 1 aromatic carbocycles. The van der Waals surface area contributed by atoms with Crippen molar-refractivity contribution in [3.63, 3.8) is 0 Å². The number of amides is 2. The molecule has 0 unspecified atom stereocenters. The van der Waals surface area contributed by atoms with Crippen LogP contribution < -0.4 is 20.9 Å². The molecule has 3 fully saturated rings. The number of imide groups is 1. The summed E-state index contributed by atoms with van der Waals surface area (Å²) < 4.78 is 2.83. The van der Waals surface area contributed by atoms with Gasteiger partial charge in [-0.1, -0.05) is 6.07 Å². The first-order valence-corrected chi connectivity index (χ1v) is 11.7. The van der Waals surface area contributed by atoms with Crippen LogP contribution in [0.5, 0.6) is 0 Å². The fourth-order valence-corrected chi connectivity index (χ4v) is 5.34. The lowest BCUT2D eigenvalue weighted by molar-refractivity contribution is -0.131. The third kappa shape index (κ3) is 3.53. The van der Waals surface area contributed by atoms with E-state index in [0.29, 0.717) is 18.0 Å². The van der Waals surface area contributed by atoms with Gasteiger partial charge in [0, 0.05) is 45.6 Å². The summed E-state index contributed by atoms with van der Waals surface area (Å²) in [6.45, 7) is 5.16. The minimum Gasteiger partial charge on any atom is -0.367 e. The zero-order valence-electron chi connectivity index (χ0n) is 18.9. The van der Waals surface area contributed by atoms with Crippen LogP contribution in [0.3, 0.4) is 0 Å². The second kappa shape index (κ2) is 8.37. The Labute approximate surface area is 187 Å². The van der Waals surface area contributed by atoms with Gasteiger partial charge in [0.25, 0.3) is 0 Å². The summed E-state index contributed by atoms with van der Waals surface area (Å²) in [4.78, 5) is 42.9. The van der Waals surface area contributed by atoms with E-state index in [-0.39, 0.29) is 30.3 Å². The zero-order valence-corrected chi connectivity index (χ0v) is 18.9. The molecule has 9 nitrogen and oxygen atoms in total. The fourth-order valence-electron chi connectivity index (χ4n) is 5.34. The van der Waals surface area contributed by atoms with E-state index < -0.39 is 0 Å². The van der Waals surface area contributed by atoms with E-state index in [1.807, 2.05) is 18.2 Å². The highest BCUT2D eigenvalue weighted by Gasteiger charge is 2.35. The normalized spacial score (nSPS) is 21.1. The van der Waals surface area contributed by atoms with Crippen LogP contribution in [0.4, 0.5) is 5.69 Å². The Bertz CT molecular complexity index is 1080. The number of nitrogens with zero attached hydrogens (tertiary/aromatic N) is 5. The van der Waals surface area contributed by atoms with E-state index in [1.165, 1.54) is 17.5 Å². The summed E-state index contributed by atoms with van der Waals surface area (Å²) in [6, 6.07) is 6.23. The van der Waals surface area contributed by atoms with Crippen LogP contribution in [0.2, 0.25) is 0 Å². The predicted octanol–water partition coefficient (Wildman–Crippen LogP) is 0.635. The summed E-state index contributed by atoms with van der Waals surface area (Å²) in [5.41, 5.74) is 1.98. The van der Waals surface area contributed by atoms with Gasteiger partial charge in [0.15, 0.2) is 0 Å². The number of likely N-dealkylation sites (N-methyl/N-ethyl adjacent to an activating group) is 1. The number of aryl methyl sites for hydroxylation is 1. The third-order valence-electron chi connectivity index (χ3n) is 7.31. The highest BCUT2D eigenvalue weighted by atomic mass is 16.2. The Morgan fingerprint density at radius 2 is 1.75 bits per heavy atom. The first kappa shape index (κ1) is 21.2. The number of hydrogen-bond acceptors (Lipinski definition) is 6. The molecule has 1 N–H and O–H groups in total. The van der Waals surface area contributed by atoms with Gasteiger partial charge in [0.2, 0.25) is 11.8 Å². The average molecular weight is 441 g/mol. The quantitative estimate of drug-likeness (QED) is 0.687. The molecule has 4 heterocycles. The summed E-state index contributed by atoms with van der Waals surface area (Å²) in [5.74, 6) is 0.128. The van der Waals surface area contributed by atoms with E-state index in [0.717, 1.165) is 54.9 Å². The van der Waals surface area contributed by atoms with E-state index in [2.05, 4.69) is 22.2 Å². The van der Waals surface area contributed by atoms with E-state index in [4.69, 9.17) is 0 Å². The number of imidazole rings is 1. The number of hydrogen-bond donors (Lipinski definition) is 1. The van der Waals surface area contributed by atoms with Gasteiger partial charge in [-0.25, -0.2) is 4.79 Å². The van der Waals surface area contributed by atoms with Gasteiger partial charge < -0.3 is 10.2 Å². The van der Waals surface area contributed by atoms with Crippen LogP contribution in [-0.4, -0.2) is 71.8 Å². The number of carbonyl (C=O) groups is 2. The minimum atomic E-state index is -0.365. The summed E-state index contributed by atoms with van der Waals surface area (Å²) in [5, 5.41) is 4.47. The Morgan fingerprint density at radius 3 is 2.44 bits per heavy atom. The fraction of sp³-hybridized carbons (Fsp3) is 0.609. The van der Waals surface area contributed by atoms with E-state index in [9.17, 15) is 14.4 Å². The zero-order chi connectivity index (χ0) is 22.4. The highest BCUT2D eigenvalue weighted by Crippen LogP contribution is 2.31. The van der Waals surface area contributed by atoms with E-state index >= 15 is 0 Å². The van der Waals surface area contributed by atoms with Crippen LogP contribution >= 0.6 is 0 Å². The number of carbonyl (C=O) groups excluding carboxylic acids is 2.